The highest BCUT2D eigenvalue weighted by Gasteiger charge is 2.12. The topological polar surface area (TPSA) is 95.2 Å². The van der Waals surface area contributed by atoms with E-state index < -0.39 is 6.03 Å². The molecule has 0 aliphatic rings. The van der Waals surface area contributed by atoms with Crippen LogP contribution >= 0.6 is 0 Å². The third kappa shape index (κ3) is 3.27. The van der Waals surface area contributed by atoms with Crippen LogP contribution in [0.25, 0.3) is 0 Å². The number of methoxy groups -OCH3 is 3. The summed E-state index contributed by atoms with van der Waals surface area (Å²) in [6.07, 6.45) is 1.41. The summed E-state index contributed by atoms with van der Waals surface area (Å²) in [5, 5.41) is 3.65. The lowest BCUT2D eigenvalue weighted by atomic mass is 10.2. The van der Waals surface area contributed by atoms with E-state index in [1.807, 2.05) is 0 Å². The van der Waals surface area contributed by atoms with Gasteiger partial charge in [0.1, 0.15) is 0 Å². The number of benzene rings is 1. The summed E-state index contributed by atoms with van der Waals surface area (Å²) in [7, 11) is 4.54. The maximum absolute atomic E-state index is 10.5. The molecule has 1 aromatic carbocycles. The summed E-state index contributed by atoms with van der Waals surface area (Å²) in [6.45, 7) is 0. The van der Waals surface area contributed by atoms with E-state index in [1.165, 1.54) is 27.5 Å². The van der Waals surface area contributed by atoms with Gasteiger partial charge in [0.25, 0.3) is 0 Å². The Balaban J connectivity index is 3.07. The van der Waals surface area contributed by atoms with Crippen molar-refractivity contribution in [3.8, 4) is 17.2 Å². The number of hydrazone groups is 1. The van der Waals surface area contributed by atoms with Gasteiger partial charge in [0.2, 0.25) is 5.75 Å². The van der Waals surface area contributed by atoms with Gasteiger partial charge in [-0.15, -0.1) is 0 Å². The van der Waals surface area contributed by atoms with E-state index in [9.17, 15) is 4.79 Å². The fourth-order valence-electron chi connectivity index (χ4n) is 1.35. The van der Waals surface area contributed by atoms with Gasteiger partial charge in [0.15, 0.2) is 11.5 Å². The number of hydrogen-bond donors (Lipinski definition) is 2. The molecule has 0 unspecified atom stereocenters. The number of urea groups is 1. The van der Waals surface area contributed by atoms with E-state index in [2.05, 4.69) is 10.5 Å². The van der Waals surface area contributed by atoms with Crippen LogP contribution in [0.3, 0.4) is 0 Å². The number of carbonyl (C=O) groups excluding carboxylic acids is 1. The van der Waals surface area contributed by atoms with Crippen LogP contribution in [0.1, 0.15) is 5.56 Å². The highest BCUT2D eigenvalue weighted by atomic mass is 16.5. The Hall–Kier alpha value is -2.44. The third-order valence-corrected chi connectivity index (χ3v) is 2.08. The minimum Gasteiger partial charge on any atom is -0.493 e. The SMILES string of the molecule is COc1cc(C=NNC(N)=O)cc(OC)c1OC. The number of rotatable bonds is 5. The van der Waals surface area contributed by atoms with Crippen LogP contribution in [0, 0.1) is 0 Å². The van der Waals surface area contributed by atoms with E-state index in [0.717, 1.165) is 0 Å². The Bertz CT molecular complexity index is 435. The molecule has 2 amide bonds. The quantitative estimate of drug-likeness (QED) is 0.597. The van der Waals surface area contributed by atoms with Crippen molar-refractivity contribution in [1.82, 2.24) is 5.43 Å². The first kappa shape index (κ1) is 13.6. The number of nitrogens with zero attached hydrogens (tertiary/aromatic N) is 1. The Labute approximate surface area is 105 Å². The number of ether oxygens (including phenoxy) is 3. The summed E-state index contributed by atoms with van der Waals surface area (Å²) in [5.41, 5.74) is 7.64. The van der Waals surface area contributed by atoms with Gasteiger partial charge >= 0.3 is 6.03 Å². The van der Waals surface area contributed by atoms with Crippen LogP contribution in [-0.2, 0) is 0 Å². The molecule has 0 aliphatic carbocycles. The lowest BCUT2D eigenvalue weighted by Crippen LogP contribution is -2.24. The van der Waals surface area contributed by atoms with Gasteiger partial charge in [0.05, 0.1) is 27.5 Å². The third-order valence-electron chi connectivity index (χ3n) is 2.08. The van der Waals surface area contributed by atoms with Crippen LogP contribution in [0.5, 0.6) is 17.2 Å². The molecule has 1 aromatic rings. The molecule has 1 rings (SSSR count). The minimum absolute atomic E-state index is 0.486. The van der Waals surface area contributed by atoms with Crippen molar-refractivity contribution in [2.45, 2.75) is 0 Å². The Morgan fingerprint density at radius 2 is 1.78 bits per heavy atom. The molecule has 0 fully saturated rings. The number of carbonyl (C=O) groups is 1. The largest absolute Gasteiger partial charge is 0.493 e. The Morgan fingerprint density at radius 3 is 2.17 bits per heavy atom. The van der Waals surface area contributed by atoms with Gasteiger partial charge in [-0.25, -0.2) is 10.2 Å². The highest BCUT2D eigenvalue weighted by Crippen LogP contribution is 2.37. The van der Waals surface area contributed by atoms with Crippen molar-refractivity contribution in [1.29, 1.82) is 0 Å². The van der Waals surface area contributed by atoms with Crippen molar-refractivity contribution in [3.63, 3.8) is 0 Å². The van der Waals surface area contributed by atoms with Crippen molar-refractivity contribution >= 4 is 12.2 Å². The zero-order chi connectivity index (χ0) is 13.5. The maximum atomic E-state index is 10.5. The van der Waals surface area contributed by atoms with Crippen molar-refractivity contribution < 1.29 is 19.0 Å². The van der Waals surface area contributed by atoms with E-state index in [4.69, 9.17) is 19.9 Å². The Kier molecular flexibility index (Phi) is 4.79. The van der Waals surface area contributed by atoms with Crippen LogP contribution < -0.4 is 25.4 Å². The van der Waals surface area contributed by atoms with Crippen molar-refractivity contribution in [3.05, 3.63) is 17.7 Å². The molecule has 0 aliphatic heterocycles. The molecule has 7 heteroatoms. The highest BCUT2D eigenvalue weighted by molar-refractivity contribution is 5.83. The molecule has 0 saturated heterocycles. The van der Waals surface area contributed by atoms with Gasteiger partial charge in [-0.05, 0) is 12.1 Å². The molecular weight excluding hydrogens is 238 g/mol. The predicted molar refractivity (Wildman–Crippen MR) is 66.4 cm³/mol. The Morgan fingerprint density at radius 1 is 1.22 bits per heavy atom. The summed E-state index contributed by atoms with van der Waals surface area (Å²) in [6, 6.07) is 2.64. The molecule has 0 radical (unpaired) electrons. The standard InChI is InChI=1S/C11H15N3O4/c1-16-8-4-7(6-13-14-11(12)15)5-9(17-2)10(8)18-3/h4-6H,1-3H3,(H3,12,14,15). The predicted octanol–water partition coefficient (Wildman–Crippen LogP) is 0.715. The lowest BCUT2D eigenvalue weighted by molar-refractivity contribution is 0.249. The molecule has 0 spiro atoms. The molecule has 7 nitrogen and oxygen atoms in total. The number of nitrogens with two attached hydrogens (primary N) is 1. The number of primary amides is 1. The molecule has 0 atom stereocenters. The first-order valence-electron chi connectivity index (χ1n) is 5.01. The van der Waals surface area contributed by atoms with E-state index in [1.54, 1.807) is 12.1 Å². The first-order valence-corrected chi connectivity index (χ1v) is 5.01. The van der Waals surface area contributed by atoms with Gasteiger partial charge in [-0.2, -0.15) is 5.10 Å². The van der Waals surface area contributed by atoms with E-state index in [0.29, 0.717) is 22.8 Å². The lowest BCUT2D eigenvalue weighted by Gasteiger charge is -2.12. The molecule has 0 aromatic heterocycles. The number of amides is 2. The summed E-state index contributed by atoms with van der Waals surface area (Å²) >= 11 is 0. The van der Waals surface area contributed by atoms with Gasteiger partial charge in [-0.1, -0.05) is 0 Å². The summed E-state index contributed by atoms with van der Waals surface area (Å²) < 4.78 is 15.5. The van der Waals surface area contributed by atoms with E-state index in [-0.39, 0.29) is 0 Å². The molecule has 18 heavy (non-hydrogen) atoms. The first-order chi connectivity index (χ1) is 8.62. The molecule has 98 valence electrons. The van der Waals surface area contributed by atoms with Crippen LogP contribution in [0.15, 0.2) is 17.2 Å². The number of hydrogen-bond acceptors (Lipinski definition) is 5. The van der Waals surface area contributed by atoms with Crippen LogP contribution in [0.4, 0.5) is 4.79 Å². The van der Waals surface area contributed by atoms with Crippen molar-refractivity contribution in [2.24, 2.45) is 10.8 Å². The van der Waals surface area contributed by atoms with Crippen LogP contribution in [-0.4, -0.2) is 33.6 Å². The average molecular weight is 253 g/mol. The monoisotopic (exact) mass is 253 g/mol. The second kappa shape index (κ2) is 6.33. The molecule has 0 saturated carbocycles. The van der Waals surface area contributed by atoms with Gasteiger partial charge in [-0.3, -0.25) is 0 Å². The summed E-state index contributed by atoms with van der Waals surface area (Å²) in [4.78, 5) is 10.5. The summed E-state index contributed by atoms with van der Waals surface area (Å²) in [5.74, 6) is 1.48. The molecule has 0 heterocycles. The molecular formula is C11H15N3O4. The zero-order valence-electron chi connectivity index (χ0n) is 10.4. The molecule has 3 N–H and O–H groups in total. The minimum atomic E-state index is -0.737. The van der Waals surface area contributed by atoms with Crippen LogP contribution in [0.2, 0.25) is 0 Å². The fraction of sp³-hybridized carbons (Fsp3) is 0.273. The second-order valence-corrected chi connectivity index (χ2v) is 3.19. The van der Waals surface area contributed by atoms with E-state index >= 15 is 0 Å². The fourth-order valence-corrected chi connectivity index (χ4v) is 1.35. The number of nitrogens with one attached hydrogen (secondary N) is 1. The van der Waals surface area contributed by atoms with Gasteiger partial charge < -0.3 is 19.9 Å². The maximum Gasteiger partial charge on any atom is 0.332 e. The van der Waals surface area contributed by atoms with Gasteiger partial charge in [0, 0.05) is 5.56 Å². The average Bonchev–Trinajstić information content (AvgIpc) is 2.36. The second-order valence-electron chi connectivity index (χ2n) is 3.19. The molecule has 0 bridgehead atoms. The smallest absolute Gasteiger partial charge is 0.332 e. The zero-order valence-corrected chi connectivity index (χ0v) is 10.4. The normalized spacial score (nSPS) is 10.2. The van der Waals surface area contributed by atoms with Crippen molar-refractivity contribution in [2.75, 3.05) is 21.3 Å².